The zero-order valence-electron chi connectivity index (χ0n) is 10.2. The van der Waals surface area contributed by atoms with Gasteiger partial charge in [0.05, 0.1) is 12.7 Å². The molecule has 0 heterocycles. The molecule has 6 heteroatoms. The maximum Gasteiger partial charge on any atom is 0.573 e. The lowest BCUT2D eigenvalue weighted by Crippen LogP contribution is -2.19. The summed E-state index contributed by atoms with van der Waals surface area (Å²) in [6, 6.07) is 4.08. The molecule has 1 saturated carbocycles. The molecule has 0 spiro atoms. The number of halogens is 3. The van der Waals surface area contributed by atoms with E-state index in [-0.39, 0.29) is 18.5 Å². The Balaban J connectivity index is 2.19. The van der Waals surface area contributed by atoms with Gasteiger partial charge in [-0.3, -0.25) is 0 Å². The van der Waals surface area contributed by atoms with E-state index in [0.717, 1.165) is 31.7 Å². The standard InChI is InChI=1S/C13H15F3O3/c14-13(15,16)19-12-7-9(8-17)5-6-11(12)18-10-3-1-2-4-10/h5-7,10,17H,1-4,8H2. The molecule has 1 aliphatic rings. The quantitative estimate of drug-likeness (QED) is 0.916. The van der Waals surface area contributed by atoms with Crippen LogP contribution in [0, 0.1) is 0 Å². The topological polar surface area (TPSA) is 38.7 Å². The summed E-state index contributed by atoms with van der Waals surface area (Å²) in [5.41, 5.74) is 0.345. The molecule has 1 aliphatic carbocycles. The summed E-state index contributed by atoms with van der Waals surface area (Å²) in [7, 11) is 0. The number of alkyl halides is 3. The average molecular weight is 276 g/mol. The third-order valence-electron chi connectivity index (χ3n) is 3.01. The molecule has 1 N–H and O–H groups in total. The molecule has 0 aliphatic heterocycles. The summed E-state index contributed by atoms with van der Waals surface area (Å²) in [4.78, 5) is 0. The van der Waals surface area contributed by atoms with E-state index < -0.39 is 12.1 Å². The SMILES string of the molecule is OCc1ccc(OC2CCCC2)c(OC(F)(F)F)c1. The van der Waals surface area contributed by atoms with Crippen LogP contribution < -0.4 is 9.47 Å². The Bertz CT molecular complexity index is 426. The van der Waals surface area contributed by atoms with Gasteiger partial charge >= 0.3 is 6.36 Å². The molecule has 1 fully saturated rings. The molecule has 0 radical (unpaired) electrons. The van der Waals surface area contributed by atoms with Crippen molar-refractivity contribution >= 4 is 0 Å². The minimum atomic E-state index is -4.78. The van der Waals surface area contributed by atoms with E-state index in [2.05, 4.69) is 4.74 Å². The largest absolute Gasteiger partial charge is 0.573 e. The highest BCUT2D eigenvalue weighted by Crippen LogP contribution is 2.35. The van der Waals surface area contributed by atoms with E-state index in [1.165, 1.54) is 12.1 Å². The third kappa shape index (κ3) is 4.02. The van der Waals surface area contributed by atoms with Crippen molar-refractivity contribution in [3.63, 3.8) is 0 Å². The van der Waals surface area contributed by atoms with Gasteiger partial charge in [0.25, 0.3) is 0 Å². The van der Waals surface area contributed by atoms with Gasteiger partial charge in [-0.05, 0) is 43.4 Å². The van der Waals surface area contributed by atoms with Gasteiger partial charge in [0.1, 0.15) is 0 Å². The van der Waals surface area contributed by atoms with Crippen molar-refractivity contribution in [2.45, 2.75) is 44.8 Å². The van der Waals surface area contributed by atoms with Crippen LogP contribution in [0.1, 0.15) is 31.2 Å². The number of ether oxygens (including phenoxy) is 2. The van der Waals surface area contributed by atoms with Crippen molar-refractivity contribution in [2.24, 2.45) is 0 Å². The molecular formula is C13H15F3O3. The predicted molar refractivity (Wildman–Crippen MR) is 61.9 cm³/mol. The summed E-state index contributed by atoms with van der Waals surface area (Å²) in [5.74, 6) is -0.327. The van der Waals surface area contributed by atoms with Crippen LogP contribution in [-0.2, 0) is 6.61 Å². The van der Waals surface area contributed by atoms with Gasteiger partial charge in [0.15, 0.2) is 11.5 Å². The van der Waals surface area contributed by atoms with Crippen LogP contribution in [0.25, 0.3) is 0 Å². The first-order valence-electron chi connectivity index (χ1n) is 6.14. The van der Waals surface area contributed by atoms with Crippen LogP contribution in [0.3, 0.4) is 0 Å². The molecule has 3 nitrogen and oxygen atoms in total. The lowest BCUT2D eigenvalue weighted by molar-refractivity contribution is -0.275. The number of aliphatic hydroxyl groups is 1. The Labute approximate surface area is 108 Å². The predicted octanol–water partition coefficient (Wildman–Crippen LogP) is 3.40. The highest BCUT2D eigenvalue weighted by molar-refractivity contribution is 5.43. The number of rotatable bonds is 4. The van der Waals surface area contributed by atoms with Crippen molar-refractivity contribution in [3.8, 4) is 11.5 Å². The zero-order chi connectivity index (χ0) is 13.9. The van der Waals surface area contributed by atoms with E-state index in [9.17, 15) is 13.2 Å². The molecule has 0 bridgehead atoms. The van der Waals surface area contributed by atoms with Gasteiger partial charge in [-0.15, -0.1) is 13.2 Å². The normalized spacial score (nSPS) is 16.6. The van der Waals surface area contributed by atoms with Crippen molar-refractivity contribution < 1.29 is 27.8 Å². The average Bonchev–Trinajstić information content (AvgIpc) is 2.82. The summed E-state index contributed by atoms with van der Waals surface area (Å²) >= 11 is 0. The van der Waals surface area contributed by atoms with Crippen LogP contribution in [-0.4, -0.2) is 17.6 Å². The zero-order valence-corrected chi connectivity index (χ0v) is 10.2. The molecule has 1 aromatic carbocycles. The number of hydrogen-bond donors (Lipinski definition) is 1. The Morgan fingerprint density at radius 2 is 1.84 bits per heavy atom. The number of aliphatic hydroxyl groups excluding tert-OH is 1. The van der Waals surface area contributed by atoms with E-state index in [1.807, 2.05) is 0 Å². The summed E-state index contributed by atoms with van der Waals surface area (Å²) in [6.07, 6.45) is -1.11. The summed E-state index contributed by atoms with van der Waals surface area (Å²) in [6.45, 7) is -0.349. The Morgan fingerprint density at radius 3 is 2.42 bits per heavy atom. The molecule has 0 aromatic heterocycles. The lowest BCUT2D eigenvalue weighted by Gasteiger charge is -2.18. The molecule has 0 amide bonds. The maximum atomic E-state index is 12.3. The second kappa shape index (κ2) is 5.69. The van der Waals surface area contributed by atoms with E-state index in [0.29, 0.717) is 5.56 Å². The first kappa shape index (κ1) is 14.0. The molecule has 2 rings (SSSR count). The minimum absolute atomic E-state index is 0.0597. The van der Waals surface area contributed by atoms with Crippen molar-refractivity contribution in [1.29, 1.82) is 0 Å². The first-order valence-corrected chi connectivity index (χ1v) is 6.14. The van der Waals surface area contributed by atoms with Crippen molar-refractivity contribution in [2.75, 3.05) is 0 Å². The first-order chi connectivity index (χ1) is 8.98. The van der Waals surface area contributed by atoms with Gasteiger partial charge < -0.3 is 14.6 Å². The van der Waals surface area contributed by atoms with Crippen molar-refractivity contribution in [1.82, 2.24) is 0 Å². The van der Waals surface area contributed by atoms with Crippen molar-refractivity contribution in [3.05, 3.63) is 23.8 Å². The molecular weight excluding hydrogens is 261 g/mol. The van der Waals surface area contributed by atoms with Gasteiger partial charge in [0.2, 0.25) is 0 Å². The second-order valence-corrected chi connectivity index (χ2v) is 4.51. The number of benzene rings is 1. The fourth-order valence-corrected chi connectivity index (χ4v) is 2.14. The van der Waals surface area contributed by atoms with E-state index in [4.69, 9.17) is 9.84 Å². The fourth-order valence-electron chi connectivity index (χ4n) is 2.14. The summed E-state index contributed by atoms with van der Waals surface area (Å²) < 4.78 is 46.5. The molecule has 0 saturated heterocycles. The van der Waals surface area contributed by atoms with Crippen LogP contribution in [0.15, 0.2) is 18.2 Å². The fraction of sp³-hybridized carbons (Fsp3) is 0.538. The monoisotopic (exact) mass is 276 g/mol. The molecule has 1 aromatic rings. The Hall–Kier alpha value is -1.43. The molecule has 0 atom stereocenters. The summed E-state index contributed by atoms with van der Waals surface area (Å²) in [5, 5.41) is 8.96. The minimum Gasteiger partial charge on any atom is -0.487 e. The van der Waals surface area contributed by atoms with E-state index in [1.54, 1.807) is 0 Å². The molecule has 19 heavy (non-hydrogen) atoms. The smallest absolute Gasteiger partial charge is 0.487 e. The Morgan fingerprint density at radius 1 is 1.16 bits per heavy atom. The van der Waals surface area contributed by atoms with Crippen LogP contribution in [0.2, 0.25) is 0 Å². The molecule has 0 unspecified atom stereocenters. The Kier molecular flexibility index (Phi) is 4.19. The van der Waals surface area contributed by atoms with Crippen LogP contribution >= 0.6 is 0 Å². The number of hydrogen-bond acceptors (Lipinski definition) is 3. The second-order valence-electron chi connectivity index (χ2n) is 4.51. The van der Waals surface area contributed by atoms with E-state index >= 15 is 0 Å². The van der Waals surface area contributed by atoms with Crippen LogP contribution in [0.4, 0.5) is 13.2 Å². The van der Waals surface area contributed by atoms with Gasteiger partial charge in [0, 0.05) is 0 Å². The highest BCUT2D eigenvalue weighted by Gasteiger charge is 2.33. The molecule has 106 valence electrons. The van der Waals surface area contributed by atoms with Gasteiger partial charge in [-0.1, -0.05) is 6.07 Å². The van der Waals surface area contributed by atoms with Crippen LogP contribution in [0.5, 0.6) is 11.5 Å². The highest BCUT2D eigenvalue weighted by atomic mass is 19.4. The lowest BCUT2D eigenvalue weighted by atomic mass is 10.2. The van der Waals surface area contributed by atoms with Gasteiger partial charge in [-0.25, -0.2) is 0 Å². The van der Waals surface area contributed by atoms with Gasteiger partial charge in [-0.2, -0.15) is 0 Å². The third-order valence-corrected chi connectivity index (χ3v) is 3.01. The maximum absolute atomic E-state index is 12.3.